The molecule has 0 aliphatic rings. The fourth-order valence-corrected chi connectivity index (χ4v) is 1.42. The number of aromatic nitrogens is 1. The maximum atomic E-state index is 10.3. The van der Waals surface area contributed by atoms with Crippen molar-refractivity contribution in [1.82, 2.24) is 4.98 Å². The van der Waals surface area contributed by atoms with Gasteiger partial charge in [0.2, 0.25) is 0 Å². The predicted octanol–water partition coefficient (Wildman–Crippen LogP) is 1.12. The average Bonchev–Trinajstić information content (AvgIpc) is 2.60. The van der Waals surface area contributed by atoms with Crippen LogP contribution in [0.25, 0.3) is 0 Å². The minimum absolute atomic E-state index is 0.446. The molecule has 1 rings (SSSR count). The molecule has 0 aliphatic heterocycles. The van der Waals surface area contributed by atoms with Crippen LogP contribution in [0.1, 0.15) is 14.7 Å². The highest BCUT2D eigenvalue weighted by Crippen LogP contribution is 2.11. The lowest BCUT2D eigenvalue weighted by Crippen LogP contribution is -2.01. The number of nitrogens with zero attached hydrogens (tertiary/aromatic N) is 1. The van der Waals surface area contributed by atoms with Gasteiger partial charge in [-0.3, -0.25) is 4.79 Å². The Morgan fingerprint density at radius 2 is 2.46 bits per heavy atom. The maximum absolute atomic E-state index is 10.3. The van der Waals surface area contributed by atoms with Crippen LogP contribution in [0, 0.1) is 0 Å². The molecule has 0 fully saturated rings. The molecule has 72 valence electrons. The normalized spacial score (nSPS) is 10.2. The average molecular weight is 201 g/mol. The molecule has 0 saturated carbocycles. The van der Waals surface area contributed by atoms with Crippen LogP contribution in [0.5, 0.6) is 0 Å². The topological polar surface area (TPSA) is 48.4 Å². The standard InChI is InChI=1S/C8H11NO3S/c1-11-2-3-12-6-8-9-4-7(5-10)13-8/h4-5H,2-3,6H2,1H3. The summed E-state index contributed by atoms with van der Waals surface area (Å²) >= 11 is 1.35. The van der Waals surface area contributed by atoms with Crippen LogP contribution in [0.4, 0.5) is 0 Å². The molecule has 0 N–H and O–H groups in total. The summed E-state index contributed by atoms with van der Waals surface area (Å²) in [6, 6.07) is 0. The molecule has 1 heterocycles. The lowest BCUT2D eigenvalue weighted by atomic mass is 10.6. The van der Waals surface area contributed by atoms with Crippen LogP contribution < -0.4 is 0 Å². The molecule has 0 saturated heterocycles. The summed E-state index contributed by atoms with van der Waals surface area (Å²) in [5.74, 6) is 0. The summed E-state index contributed by atoms with van der Waals surface area (Å²) in [5.41, 5.74) is 0. The molecule has 0 amide bonds. The molecule has 4 nitrogen and oxygen atoms in total. The van der Waals surface area contributed by atoms with Crippen LogP contribution in [0.2, 0.25) is 0 Å². The minimum Gasteiger partial charge on any atom is -0.382 e. The van der Waals surface area contributed by atoms with Crippen molar-refractivity contribution < 1.29 is 14.3 Å². The summed E-state index contributed by atoms with van der Waals surface area (Å²) in [6.45, 7) is 1.57. The first kappa shape index (κ1) is 10.3. The van der Waals surface area contributed by atoms with E-state index < -0.39 is 0 Å². The van der Waals surface area contributed by atoms with E-state index in [1.165, 1.54) is 11.3 Å². The summed E-state index contributed by atoms with van der Waals surface area (Å²) in [7, 11) is 1.62. The van der Waals surface area contributed by atoms with Crippen molar-refractivity contribution in [3.8, 4) is 0 Å². The van der Waals surface area contributed by atoms with Crippen molar-refractivity contribution in [2.75, 3.05) is 20.3 Å². The Bertz CT molecular complexity index is 262. The van der Waals surface area contributed by atoms with Gasteiger partial charge < -0.3 is 9.47 Å². The molecular weight excluding hydrogens is 190 g/mol. The smallest absolute Gasteiger partial charge is 0.161 e. The molecule has 0 radical (unpaired) electrons. The van der Waals surface area contributed by atoms with Crippen LogP contribution in [-0.2, 0) is 16.1 Å². The van der Waals surface area contributed by atoms with E-state index >= 15 is 0 Å². The van der Waals surface area contributed by atoms with Crippen LogP contribution in [0.3, 0.4) is 0 Å². The highest BCUT2D eigenvalue weighted by atomic mass is 32.1. The van der Waals surface area contributed by atoms with Crippen molar-refractivity contribution in [2.45, 2.75) is 6.61 Å². The lowest BCUT2D eigenvalue weighted by Gasteiger charge is -1.99. The largest absolute Gasteiger partial charge is 0.382 e. The number of hydrogen-bond donors (Lipinski definition) is 0. The molecule has 0 aliphatic carbocycles. The van der Waals surface area contributed by atoms with E-state index in [1.54, 1.807) is 13.3 Å². The third-order valence-corrected chi connectivity index (χ3v) is 2.24. The first-order valence-electron chi connectivity index (χ1n) is 3.83. The molecule has 0 aromatic carbocycles. The van der Waals surface area contributed by atoms with E-state index in [9.17, 15) is 4.79 Å². The Morgan fingerprint density at radius 1 is 1.62 bits per heavy atom. The van der Waals surface area contributed by atoms with Gasteiger partial charge in [-0.15, -0.1) is 11.3 Å². The Hall–Kier alpha value is -0.780. The minimum atomic E-state index is 0.446. The predicted molar refractivity (Wildman–Crippen MR) is 49.0 cm³/mol. The number of hydrogen-bond acceptors (Lipinski definition) is 5. The van der Waals surface area contributed by atoms with E-state index in [0.29, 0.717) is 24.7 Å². The highest BCUT2D eigenvalue weighted by molar-refractivity contribution is 7.13. The van der Waals surface area contributed by atoms with E-state index in [4.69, 9.17) is 9.47 Å². The Balaban J connectivity index is 2.24. The van der Waals surface area contributed by atoms with Gasteiger partial charge in [-0.25, -0.2) is 4.98 Å². The molecule has 0 unspecified atom stereocenters. The van der Waals surface area contributed by atoms with Gasteiger partial charge in [0.05, 0.1) is 24.7 Å². The second-order valence-corrected chi connectivity index (χ2v) is 3.47. The van der Waals surface area contributed by atoms with Gasteiger partial charge in [0.1, 0.15) is 5.01 Å². The fourth-order valence-electron chi connectivity index (χ4n) is 0.747. The molecule has 0 bridgehead atoms. The molecule has 1 aromatic rings. The van der Waals surface area contributed by atoms with E-state index in [0.717, 1.165) is 11.3 Å². The number of thiazole rings is 1. The Labute approximate surface area is 80.5 Å². The maximum Gasteiger partial charge on any atom is 0.161 e. The van der Waals surface area contributed by atoms with Gasteiger partial charge in [0.25, 0.3) is 0 Å². The number of carbonyl (C=O) groups is 1. The van der Waals surface area contributed by atoms with E-state index in [2.05, 4.69) is 4.98 Å². The zero-order valence-electron chi connectivity index (χ0n) is 7.36. The quantitative estimate of drug-likeness (QED) is 0.511. The van der Waals surface area contributed by atoms with Crippen LogP contribution in [-0.4, -0.2) is 31.6 Å². The zero-order valence-corrected chi connectivity index (χ0v) is 8.17. The van der Waals surface area contributed by atoms with Gasteiger partial charge in [0, 0.05) is 13.3 Å². The SMILES string of the molecule is COCCOCc1ncc(C=O)s1. The molecular formula is C8H11NO3S. The van der Waals surface area contributed by atoms with Crippen molar-refractivity contribution in [3.63, 3.8) is 0 Å². The van der Waals surface area contributed by atoms with Gasteiger partial charge in [-0.1, -0.05) is 0 Å². The second-order valence-electron chi connectivity index (χ2n) is 2.32. The first-order valence-corrected chi connectivity index (χ1v) is 4.65. The summed E-state index contributed by atoms with van der Waals surface area (Å²) in [4.78, 5) is 14.9. The molecule has 1 aromatic heterocycles. The van der Waals surface area contributed by atoms with Gasteiger partial charge >= 0.3 is 0 Å². The fraction of sp³-hybridized carbons (Fsp3) is 0.500. The van der Waals surface area contributed by atoms with Crippen LogP contribution >= 0.6 is 11.3 Å². The molecule has 13 heavy (non-hydrogen) atoms. The van der Waals surface area contributed by atoms with Crippen LogP contribution in [0.15, 0.2) is 6.20 Å². The number of methoxy groups -OCH3 is 1. The third kappa shape index (κ3) is 3.63. The third-order valence-electron chi connectivity index (χ3n) is 1.34. The number of rotatable bonds is 6. The van der Waals surface area contributed by atoms with Crippen molar-refractivity contribution in [2.24, 2.45) is 0 Å². The summed E-state index contributed by atoms with van der Waals surface area (Å²) in [5, 5.41) is 0.818. The monoisotopic (exact) mass is 201 g/mol. The second kappa shape index (κ2) is 5.80. The summed E-state index contributed by atoms with van der Waals surface area (Å²) < 4.78 is 10.0. The van der Waals surface area contributed by atoms with E-state index in [-0.39, 0.29) is 0 Å². The summed E-state index contributed by atoms with van der Waals surface area (Å²) in [6.07, 6.45) is 2.34. The zero-order chi connectivity index (χ0) is 9.52. The number of carbonyl (C=O) groups excluding carboxylic acids is 1. The molecule has 0 spiro atoms. The number of ether oxygens (including phenoxy) is 2. The number of aldehydes is 1. The van der Waals surface area contributed by atoms with Gasteiger partial charge in [0.15, 0.2) is 6.29 Å². The van der Waals surface area contributed by atoms with Gasteiger partial charge in [-0.05, 0) is 0 Å². The van der Waals surface area contributed by atoms with Gasteiger partial charge in [-0.2, -0.15) is 0 Å². The lowest BCUT2D eigenvalue weighted by molar-refractivity contribution is 0.0616. The van der Waals surface area contributed by atoms with E-state index in [1.807, 2.05) is 0 Å². The Morgan fingerprint density at radius 3 is 3.08 bits per heavy atom. The first-order chi connectivity index (χ1) is 6.36. The van der Waals surface area contributed by atoms with Crippen molar-refractivity contribution >= 4 is 17.6 Å². The molecule has 0 atom stereocenters. The Kier molecular flexibility index (Phi) is 4.59. The molecule has 5 heteroatoms. The van der Waals surface area contributed by atoms with Crippen molar-refractivity contribution in [1.29, 1.82) is 0 Å². The van der Waals surface area contributed by atoms with Crippen molar-refractivity contribution in [3.05, 3.63) is 16.1 Å². The highest BCUT2D eigenvalue weighted by Gasteiger charge is 2.00.